The second-order valence-corrected chi connectivity index (χ2v) is 3.24. The van der Waals surface area contributed by atoms with Gasteiger partial charge in [0.1, 0.15) is 0 Å². The summed E-state index contributed by atoms with van der Waals surface area (Å²) in [4.78, 5) is 0. The van der Waals surface area contributed by atoms with Crippen molar-refractivity contribution in [1.82, 2.24) is 0 Å². The molecule has 2 rings (SSSR count). The first-order valence-electron chi connectivity index (χ1n) is 4.63. The predicted octanol–water partition coefficient (Wildman–Crippen LogP) is 2.78. The van der Waals surface area contributed by atoms with Crippen LogP contribution in [0.15, 0.2) is 48.8 Å². The highest BCUT2D eigenvalue weighted by atomic mass is 19.4. The van der Waals surface area contributed by atoms with E-state index >= 15 is 0 Å². The molecule has 0 N–H and O–H groups in total. The van der Waals surface area contributed by atoms with Crippen LogP contribution in [0, 0.1) is 6.07 Å². The fraction of sp³-hybridized carbons (Fsp3) is 0.0833. The highest BCUT2D eigenvalue weighted by Gasteiger charge is 2.31. The monoisotopic (exact) mass is 223 g/mol. The van der Waals surface area contributed by atoms with Crippen LogP contribution in [0.5, 0.6) is 0 Å². The third-order valence-electron chi connectivity index (χ3n) is 2.10. The summed E-state index contributed by atoms with van der Waals surface area (Å²) < 4.78 is 38.9. The van der Waals surface area contributed by atoms with E-state index in [1.165, 1.54) is 6.07 Å². The first kappa shape index (κ1) is 10.7. The van der Waals surface area contributed by atoms with Crippen LogP contribution in [-0.2, 0) is 6.18 Å². The van der Waals surface area contributed by atoms with Crippen molar-refractivity contribution in [3.05, 3.63) is 60.4 Å². The van der Waals surface area contributed by atoms with Gasteiger partial charge in [-0.2, -0.15) is 17.7 Å². The van der Waals surface area contributed by atoms with Gasteiger partial charge in [-0.25, -0.2) is 0 Å². The molecular weight excluding hydrogens is 215 g/mol. The van der Waals surface area contributed by atoms with Crippen molar-refractivity contribution in [2.45, 2.75) is 6.18 Å². The molecule has 1 radical (unpaired) electrons. The number of rotatable bonds is 1. The first-order valence-corrected chi connectivity index (χ1v) is 4.63. The maximum absolute atomic E-state index is 12.4. The van der Waals surface area contributed by atoms with E-state index in [0.29, 0.717) is 5.69 Å². The van der Waals surface area contributed by atoms with Crippen LogP contribution in [0.2, 0.25) is 0 Å². The van der Waals surface area contributed by atoms with Crippen molar-refractivity contribution in [2.75, 3.05) is 0 Å². The second kappa shape index (κ2) is 3.96. The van der Waals surface area contributed by atoms with E-state index in [-0.39, 0.29) is 0 Å². The van der Waals surface area contributed by atoms with Crippen LogP contribution >= 0.6 is 0 Å². The Hall–Kier alpha value is -1.84. The second-order valence-electron chi connectivity index (χ2n) is 3.24. The van der Waals surface area contributed by atoms with Gasteiger partial charge in [-0.3, -0.25) is 0 Å². The van der Waals surface area contributed by atoms with Gasteiger partial charge in [0, 0.05) is 24.3 Å². The molecule has 0 aliphatic carbocycles. The normalized spacial score (nSPS) is 11.4. The number of hydrogen-bond acceptors (Lipinski definition) is 0. The Morgan fingerprint density at radius 3 is 2.38 bits per heavy atom. The number of pyridine rings is 1. The van der Waals surface area contributed by atoms with E-state index in [1.807, 2.05) is 0 Å². The summed E-state index contributed by atoms with van der Waals surface area (Å²) in [5.41, 5.74) is -0.298. The summed E-state index contributed by atoms with van der Waals surface area (Å²) in [5, 5.41) is 0. The maximum atomic E-state index is 12.4. The first-order chi connectivity index (χ1) is 7.57. The van der Waals surface area contributed by atoms with E-state index in [1.54, 1.807) is 41.2 Å². The molecular formula is C12H8F3N+. The molecule has 0 saturated carbocycles. The summed E-state index contributed by atoms with van der Waals surface area (Å²) in [5.74, 6) is 0. The Kier molecular flexibility index (Phi) is 2.64. The molecule has 1 aromatic heterocycles. The van der Waals surface area contributed by atoms with Crippen LogP contribution in [-0.4, -0.2) is 0 Å². The van der Waals surface area contributed by atoms with Crippen LogP contribution in [0.3, 0.4) is 0 Å². The molecule has 0 fully saturated rings. The number of alkyl halides is 3. The van der Waals surface area contributed by atoms with Crippen molar-refractivity contribution >= 4 is 0 Å². The van der Waals surface area contributed by atoms with E-state index in [9.17, 15) is 13.2 Å². The highest BCUT2D eigenvalue weighted by molar-refractivity contribution is 5.29. The molecule has 0 bridgehead atoms. The molecule has 1 heterocycles. The van der Waals surface area contributed by atoms with E-state index in [0.717, 1.165) is 6.07 Å². The van der Waals surface area contributed by atoms with Crippen molar-refractivity contribution in [2.24, 2.45) is 0 Å². The van der Waals surface area contributed by atoms with Crippen LogP contribution in [0.4, 0.5) is 13.2 Å². The van der Waals surface area contributed by atoms with Gasteiger partial charge >= 0.3 is 6.18 Å². The molecule has 0 aliphatic heterocycles. The zero-order valence-corrected chi connectivity index (χ0v) is 8.20. The summed E-state index contributed by atoms with van der Waals surface area (Å²) in [6.07, 6.45) is -0.976. The van der Waals surface area contributed by atoms with E-state index in [4.69, 9.17) is 0 Å². The topological polar surface area (TPSA) is 3.88 Å². The summed E-state index contributed by atoms with van der Waals surface area (Å²) in [6.45, 7) is 0. The number of hydrogen-bond donors (Lipinski definition) is 0. The molecule has 0 amide bonds. The van der Waals surface area contributed by atoms with Crippen LogP contribution < -0.4 is 4.57 Å². The van der Waals surface area contributed by atoms with Gasteiger partial charge in [-0.05, 0) is 12.1 Å². The summed E-state index contributed by atoms with van der Waals surface area (Å²) in [6, 6.07) is 11.4. The highest BCUT2D eigenvalue weighted by Crippen LogP contribution is 2.29. The van der Waals surface area contributed by atoms with Gasteiger partial charge in [0.05, 0.1) is 5.56 Å². The minimum absolute atomic E-state index is 0.465. The quantitative estimate of drug-likeness (QED) is 0.654. The zero-order valence-electron chi connectivity index (χ0n) is 8.20. The fourth-order valence-electron chi connectivity index (χ4n) is 1.35. The van der Waals surface area contributed by atoms with Gasteiger partial charge in [0.25, 0.3) is 0 Å². The number of benzene rings is 1. The Labute approximate surface area is 90.8 Å². The molecule has 16 heavy (non-hydrogen) atoms. The lowest BCUT2D eigenvalue weighted by Crippen LogP contribution is -2.29. The fourth-order valence-corrected chi connectivity index (χ4v) is 1.35. The van der Waals surface area contributed by atoms with Crippen LogP contribution in [0.1, 0.15) is 5.56 Å². The average molecular weight is 223 g/mol. The molecule has 0 saturated heterocycles. The van der Waals surface area contributed by atoms with E-state index in [2.05, 4.69) is 6.07 Å². The molecule has 0 aliphatic rings. The minimum Gasteiger partial charge on any atom is -0.167 e. The SMILES string of the molecule is FC(F)(F)c1[c]ccc(-[n+]2ccccc2)c1. The third kappa shape index (κ3) is 2.21. The average Bonchev–Trinajstić information content (AvgIpc) is 2.29. The lowest BCUT2D eigenvalue weighted by molar-refractivity contribution is -0.595. The molecule has 0 atom stereocenters. The largest absolute Gasteiger partial charge is 0.417 e. The summed E-state index contributed by atoms with van der Waals surface area (Å²) >= 11 is 0. The number of aromatic nitrogens is 1. The number of nitrogens with zero attached hydrogens (tertiary/aromatic N) is 1. The molecule has 4 heteroatoms. The van der Waals surface area contributed by atoms with Crippen molar-refractivity contribution in [3.63, 3.8) is 0 Å². The van der Waals surface area contributed by atoms with Crippen LogP contribution in [0.25, 0.3) is 5.69 Å². The Bertz CT molecular complexity index is 477. The third-order valence-corrected chi connectivity index (χ3v) is 2.10. The molecule has 0 spiro atoms. The maximum Gasteiger partial charge on any atom is 0.417 e. The van der Waals surface area contributed by atoms with Crippen molar-refractivity contribution < 1.29 is 17.7 Å². The van der Waals surface area contributed by atoms with Gasteiger partial charge in [-0.15, -0.1) is 0 Å². The van der Waals surface area contributed by atoms with Crippen molar-refractivity contribution in [1.29, 1.82) is 0 Å². The molecule has 0 unspecified atom stereocenters. The Balaban J connectivity index is 2.45. The lowest BCUT2D eigenvalue weighted by Gasteiger charge is -2.05. The summed E-state index contributed by atoms with van der Waals surface area (Å²) in [7, 11) is 0. The van der Waals surface area contributed by atoms with Gasteiger partial charge < -0.3 is 0 Å². The van der Waals surface area contributed by atoms with E-state index < -0.39 is 11.7 Å². The zero-order chi connectivity index (χ0) is 11.6. The van der Waals surface area contributed by atoms with Gasteiger partial charge in [0.15, 0.2) is 12.4 Å². The van der Waals surface area contributed by atoms with Gasteiger partial charge in [0.2, 0.25) is 5.69 Å². The molecule has 81 valence electrons. The predicted molar refractivity (Wildman–Crippen MR) is 51.8 cm³/mol. The standard InChI is InChI=1S/C12H8F3N/c13-12(14,15)10-5-4-6-11(9-10)16-7-2-1-3-8-16/h1-4,6-9H/q+1. The molecule has 2 aromatic rings. The van der Waals surface area contributed by atoms with Crippen molar-refractivity contribution in [3.8, 4) is 5.69 Å². The smallest absolute Gasteiger partial charge is 0.167 e. The Morgan fingerprint density at radius 2 is 1.75 bits per heavy atom. The van der Waals surface area contributed by atoms with Gasteiger partial charge in [-0.1, -0.05) is 6.07 Å². The molecule has 1 aromatic carbocycles. The molecule has 1 nitrogen and oxygen atoms in total. The Morgan fingerprint density at radius 1 is 1.06 bits per heavy atom. The minimum atomic E-state index is -4.36. The lowest BCUT2D eigenvalue weighted by atomic mass is 10.2. The number of halogens is 3.